The van der Waals surface area contributed by atoms with Gasteiger partial charge in [0.05, 0.1) is 23.3 Å². The smallest absolute Gasteiger partial charge is 0.321 e. The van der Waals surface area contributed by atoms with Crippen molar-refractivity contribution in [2.45, 2.75) is 6.92 Å². The molecule has 0 unspecified atom stereocenters. The maximum atomic E-state index is 12.1. The molecule has 6 rings (SSSR count). The van der Waals surface area contributed by atoms with Crippen molar-refractivity contribution in [1.29, 1.82) is 0 Å². The summed E-state index contributed by atoms with van der Waals surface area (Å²) < 4.78 is 0. The molecule has 2 aromatic carbocycles. The number of pyridine rings is 2. The van der Waals surface area contributed by atoms with Crippen LogP contribution in [-0.4, -0.2) is 50.2 Å². The van der Waals surface area contributed by atoms with Crippen LogP contribution in [0.1, 0.15) is 5.56 Å². The van der Waals surface area contributed by atoms with Gasteiger partial charge in [-0.1, -0.05) is 42.0 Å². The molecule has 0 saturated heterocycles. The van der Waals surface area contributed by atoms with Gasteiger partial charge in [-0.2, -0.15) is 5.10 Å². The van der Waals surface area contributed by atoms with E-state index in [4.69, 9.17) is 0 Å². The topological polar surface area (TPSA) is 103 Å². The molecule has 0 spiro atoms. The molecule has 0 atom stereocenters. The minimum atomic E-state index is -0.214. The van der Waals surface area contributed by atoms with E-state index in [0.29, 0.717) is 11.3 Å². The van der Waals surface area contributed by atoms with Gasteiger partial charge in [-0.3, -0.25) is 10.1 Å². The SMILES string of the molecule is Cc1cccc(-c2cccc3[nH]c(-c4[nH]nc5ncc(-c6cncc(NC(=O)N(C)C)c6)cc45)cc23)c1. The number of fused-ring (bicyclic) bond motifs is 2. The van der Waals surface area contributed by atoms with Gasteiger partial charge in [0.15, 0.2) is 5.65 Å². The molecule has 0 fully saturated rings. The lowest BCUT2D eigenvalue weighted by Crippen LogP contribution is -2.27. The van der Waals surface area contributed by atoms with Crippen LogP contribution >= 0.6 is 0 Å². The van der Waals surface area contributed by atoms with Gasteiger partial charge in [0, 0.05) is 53.9 Å². The average Bonchev–Trinajstić information content (AvgIpc) is 3.52. The molecule has 6 aromatic rings. The van der Waals surface area contributed by atoms with E-state index in [0.717, 1.165) is 38.8 Å². The number of hydrogen-bond acceptors (Lipinski definition) is 4. The number of aromatic nitrogens is 5. The first-order valence-electron chi connectivity index (χ1n) is 11.9. The van der Waals surface area contributed by atoms with E-state index in [2.05, 4.69) is 85.9 Å². The molecule has 4 heterocycles. The number of benzene rings is 2. The number of carbonyl (C=O) groups excluding carboxylic acids is 1. The fourth-order valence-electron chi connectivity index (χ4n) is 4.52. The van der Waals surface area contributed by atoms with Crippen LogP contribution in [-0.2, 0) is 0 Å². The number of amides is 2. The van der Waals surface area contributed by atoms with E-state index in [9.17, 15) is 4.79 Å². The number of aryl methyl sites for hydroxylation is 1. The highest BCUT2D eigenvalue weighted by atomic mass is 16.2. The monoisotopic (exact) mass is 487 g/mol. The number of nitrogens with zero attached hydrogens (tertiary/aromatic N) is 4. The summed E-state index contributed by atoms with van der Waals surface area (Å²) in [7, 11) is 3.39. The Kier molecular flexibility index (Phi) is 5.41. The number of H-pyrrole nitrogens is 2. The number of anilines is 1. The maximum absolute atomic E-state index is 12.1. The Hall–Kier alpha value is -4.98. The van der Waals surface area contributed by atoms with Crippen LogP contribution in [0, 0.1) is 6.92 Å². The number of carbonyl (C=O) groups is 1. The molecule has 0 aliphatic carbocycles. The van der Waals surface area contributed by atoms with Crippen molar-refractivity contribution in [2.75, 3.05) is 19.4 Å². The van der Waals surface area contributed by atoms with Crippen molar-refractivity contribution in [1.82, 2.24) is 30.0 Å². The number of rotatable bonds is 4. The lowest BCUT2D eigenvalue weighted by atomic mass is 10.00. The van der Waals surface area contributed by atoms with Crippen molar-refractivity contribution in [3.63, 3.8) is 0 Å². The molecule has 4 aromatic heterocycles. The third-order valence-electron chi connectivity index (χ3n) is 6.40. The van der Waals surface area contributed by atoms with Crippen LogP contribution in [0.2, 0.25) is 0 Å². The predicted molar refractivity (Wildman–Crippen MR) is 147 cm³/mol. The summed E-state index contributed by atoms with van der Waals surface area (Å²) in [5.41, 5.74) is 9.39. The highest BCUT2D eigenvalue weighted by Gasteiger charge is 2.15. The Morgan fingerprint density at radius 1 is 0.892 bits per heavy atom. The van der Waals surface area contributed by atoms with Gasteiger partial charge >= 0.3 is 6.03 Å². The zero-order chi connectivity index (χ0) is 25.5. The number of urea groups is 1. The zero-order valence-corrected chi connectivity index (χ0v) is 20.7. The first kappa shape index (κ1) is 22.5. The molecular formula is C29H25N7O. The van der Waals surface area contributed by atoms with Crippen molar-refractivity contribution >= 4 is 33.7 Å². The summed E-state index contributed by atoms with van der Waals surface area (Å²) in [4.78, 5) is 26.0. The third kappa shape index (κ3) is 4.18. The average molecular weight is 488 g/mol. The second-order valence-corrected chi connectivity index (χ2v) is 9.30. The second kappa shape index (κ2) is 8.91. The molecule has 8 nitrogen and oxygen atoms in total. The van der Waals surface area contributed by atoms with Gasteiger partial charge in [-0.25, -0.2) is 9.78 Å². The van der Waals surface area contributed by atoms with Crippen LogP contribution in [0.5, 0.6) is 0 Å². The van der Waals surface area contributed by atoms with Crippen LogP contribution in [0.3, 0.4) is 0 Å². The molecule has 3 N–H and O–H groups in total. The van der Waals surface area contributed by atoms with E-state index in [1.807, 2.05) is 12.1 Å². The first-order valence-corrected chi connectivity index (χ1v) is 11.9. The molecule has 0 bridgehead atoms. The number of nitrogens with one attached hydrogen (secondary N) is 3. The zero-order valence-electron chi connectivity index (χ0n) is 20.7. The van der Waals surface area contributed by atoms with E-state index in [1.165, 1.54) is 21.6 Å². The first-order chi connectivity index (χ1) is 18.0. The van der Waals surface area contributed by atoms with Crippen molar-refractivity contribution in [3.05, 3.63) is 84.8 Å². The van der Waals surface area contributed by atoms with Gasteiger partial charge < -0.3 is 15.2 Å². The summed E-state index contributed by atoms with van der Waals surface area (Å²) in [5.74, 6) is 0. The Bertz CT molecular complexity index is 1780. The summed E-state index contributed by atoms with van der Waals surface area (Å²) in [6, 6.07) is 20.7. The van der Waals surface area contributed by atoms with Crippen molar-refractivity contribution in [2.24, 2.45) is 0 Å². The quantitative estimate of drug-likeness (QED) is 0.274. The van der Waals surface area contributed by atoms with Gasteiger partial charge in [0.1, 0.15) is 0 Å². The van der Waals surface area contributed by atoms with Gasteiger partial charge in [-0.05, 0) is 42.3 Å². The normalized spacial score (nSPS) is 11.2. The minimum Gasteiger partial charge on any atom is -0.353 e. The van der Waals surface area contributed by atoms with E-state index in [1.54, 1.807) is 32.7 Å². The molecule has 0 aliphatic rings. The standard InChI is InChI=1S/C29H25N7O/c1-17-6-4-7-18(10-17)22-8-5-9-25-23(22)13-26(33-25)27-24-12-20(15-31-28(24)35-34-27)19-11-21(16-30-14-19)32-29(37)36(2)3/h4-16,33H,1-3H3,(H,32,37)(H,31,34,35). The molecule has 37 heavy (non-hydrogen) atoms. The fraction of sp³-hybridized carbons (Fsp3) is 0.103. The predicted octanol–water partition coefficient (Wildman–Crippen LogP) is 6.24. The molecule has 2 amide bonds. The van der Waals surface area contributed by atoms with Crippen LogP contribution < -0.4 is 5.32 Å². The summed E-state index contributed by atoms with van der Waals surface area (Å²) in [5, 5.41) is 12.5. The Morgan fingerprint density at radius 2 is 1.73 bits per heavy atom. The second-order valence-electron chi connectivity index (χ2n) is 9.30. The van der Waals surface area contributed by atoms with Crippen LogP contribution in [0.4, 0.5) is 10.5 Å². The van der Waals surface area contributed by atoms with Gasteiger partial charge in [0.25, 0.3) is 0 Å². The van der Waals surface area contributed by atoms with E-state index < -0.39 is 0 Å². The largest absolute Gasteiger partial charge is 0.353 e. The molecule has 0 saturated carbocycles. The molecule has 8 heteroatoms. The lowest BCUT2D eigenvalue weighted by molar-refractivity contribution is 0.230. The summed E-state index contributed by atoms with van der Waals surface area (Å²) in [6.07, 6.45) is 5.14. The molecular weight excluding hydrogens is 462 g/mol. The molecule has 0 aliphatic heterocycles. The van der Waals surface area contributed by atoms with E-state index >= 15 is 0 Å². The van der Waals surface area contributed by atoms with Crippen LogP contribution in [0.15, 0.2) is 79.3 Å². The third-order valence-corrected chi connectivity index (χ3v) is 6.40. The Balaban J connectivity index is 1.41. The Labute approximate surface area is 213 Å². The van der Waals surface area contributed by atoms with Crippen molar-refractivity contribution in [3.8, 4) is 33.6 Å². The van der Waals surface area contributed by atoms with Gasteiger partial charge in [-0.15, -0.1) is 0 Å². The fourth-order valence-corrected chi connectivity index (χ4v) is 4.52. The van der Waals surface area contributed by atoms with Crippen LogP contribution in [0.25, 0.3) is 55.6 Å². The number of aromatic amines is 2. The summed E-state index contributed by atoms with van der Waals surface area (Å²) >= 11 is 0. The summed E-state index contributed by atoms with van der Waals surface area (Å²) in [6.45, 7) is 2.11. The van der Waals surface area contributed by atoms with Crippen molar-refractivity contribution < 1.29 is 4.79 Å². The van der Waals surface area contributed by atoms with E-state index in [-0.39, 0.29) is 6.03 Å². The molecule has 182 valence electrons. The highest BCUT2D eigenvalue weighted by Crippen LogP contribution is 2.35. The lowest BCUT2D eigenvalue weighted by Gasteiger charge is -2.12. The number of hydrogen-bond donors (Lipinski definition) is 3. The maximum Gasteiger partial charge on any atom is 0.321 e. The molecule has 0 radical (unpaired) electrons. The highest BCUT2D eigenvalue weighted by molar-refractivity contribution is 6.01. The minimum absolute atomic E-state index is 0.214. The Morgan fingerprint density at radius 3 is 2.57 bits per heavy atom. The van der Waals surface area contributed by atoms with Gasteiger partial charge in [0.2, 0.25) is 0 Å².